The maximum Gasteiger partial charge on any atom is 0.232 e. The summed E-state index contributed by atoms with van der Waals surface area (Å²) in [6.07, 6.45) is 0.0317. The summed E-state index contributed by atoms with van der Waals surface area (Å²) in [6.45, 7) is 1.39. The summed E-state index contributed by atoms with van der Waals surface area (Å²) in [5.41, 5.74) is 0.277. The summed E-state index contributed by atoms with van der Waals surface area (Å²) in [7, 11) is 0. The lowest BCUT2D eigenvalue weighted by Gasteiger charge is -2.13. The zero-order valence-electron chi connectivity index (χ0n) is 10.6. The molecule has 1 aliphatic rings. The number of nitrogens with zero attached hydrogens (tertiary/aromatic N) is 1. The van der Waals surface area contributed by atoms with Crippen LogP contribution in [0.2, 0.25) is 0 Å². The maximum absolute atomic E-state index is 13.4. The zero-order chi connectivity index (χ0) is 14.0. The van der Waals surface area contributed by atoms with Crippen molar-refractivity contribution in [2.45, 2.75) is 19.8 Å². The van der Waals surface area contributed by atoms with E-state index in [4.69, 9.17) is 0 Å². The number of rotatable bonds is 4. The fourth-order valence-electron chi connectivity index (χ4n) is 2.10. The first-order chi connectivity index (χ1) is 8.99. The monoisotopic (exact) mass is 263 g/mol. The molecule has 0 N–H and O–H groups in total. The fourth-order valence-corrected chi connectivity index (χ4v) is 2.10. The van der Waals surface area contributed by atoms with Crippen molar-refractivity contribution in [3.8, 4) is 0 Å². The number of likely N-dealkylation sites (tertiary alicyclic amines) is 1. The molecular weight excluding hydrogens is 249 g/mol. The predicted octanol–water partition coefficient (Wildman–Crippen LogP) is 1.33. The largest absolute Gasteiger partial charge is 0.297 e. The third kappa shape index (κ3) is 2.86. The van der Waals surface area contributed by atoms with E-state index < -0.39 is 5.82 Å². The number of carbonyl (C=O) groups excluding carboxylic acids is 3. The van der Waals surface area contributed by atoms with Crippen molar-refractivity contribution in [2.75, 3.05) is 6.54 Å². The number of hydrogen-bond acceptors (Lipinski definition) is 3. The molecule has 1 fully saturated rings. The molecule has 0 radical (unpaired) electrons. The second-order valence-corrected chi connectivity index (χ2v) is 4.73. The van der Waals surface area contributed by atoms with Gasteiger partial charge in [0.1, 0.15) is 5.82 Å². The molecule has 1 unspecified atom stereocenters. The Balaban J connectivity index is 2.01. The lowest BCUT2D eigenvalue weighted by molar-refractivity contribution is -0.142. The number of Topliss-reactive ketones (excluding diaryl/α,β-unsaturated/α-hetero) is 1. The molecule has 4 nitrogen and oxygen atoms in total. The van der Waals surface area contributed by atoms with Crippen LogP contribution in [0.4, 0.5) is 4.39 Å². The molecule has 1 heterocycles. The molecular formula is C14H14FNO3. The molecule has 0 spiro atoms. The molecule has 2 amide bonds. The summed E-state index contributed by atoms with van der Waals surface area (Å²) in [4.78, 5) is 35.9. The van der Waals surface area contributed by atoms with Gasteiger partial charge in [-0.1, -0.05) is 25.1 Å². The Bertz CT molecular complexity index is 541. The highest BCUT2D eigenvalue weighted by molar-refractivity contribution is 6.06. The number of carbonyl (C=O) groups is 3. The number of benzene rings is 1. The van der Waals surface area contributed by atoms with Gasteiger partial charge in [0.15, 0.2) is 5.78 Å². The minimum atomic E-state index is -0.455. The average Bonchev–Trinajstić information content (AvgIpc) is 2.59. The van der Waals surface area contributed by atoms with E-state index in [1.807, 2.05) is 0 Å². The summed E-state index contributed by atoms with van der Waals surface area (Å²) in [5, 5.41) is 0. The van der Waals surface area contributed by atoms with Crippen molar-refractivity contribution in [1.82, 2.24) is 4.90 Å². The van der Waals surface area contributed by atoms with Crippen LogP contribution in [0.1, 0.15) is 18.9 Å². The van der Waals surface area contributed by atoms with Gasteiger partial charge in [-0.25, -0.2) is 4.39 Å². The molecule has 1 aliphatic heterocycles. The predicted molar refractivity (Wildman–Crippen MR) is 65.6 cm³/mol. The van der Waals surface area contributed by atoms with Gasteiger partial charge < -0.3 is 0 Å². The van der Waals surface area contributed by atoms with E-state index >= 15 is 0 Å². The molecule has 0 aromatic heterocycles. The topological polar surface area (TPSA) is 54.5 Å². The molecule has 1 aromatic rings. The van der Waals surface area contributed by atoms with Crippen LogP contribution < -0.4 is 0 Å². The number of ketones is 1. The molecule has 0 bridgehead atoms. The Hall–Kier alpha value is -2.04. The second-order valence-electron chi connectivity index (χ2n) is 4.73. The van der Waals surface area contributed by atoms with Crippen molar-refractivity contribution >= 4 is 17.6 Å². The van der Waals surface area contributed by atoms with E-state index in [1.165, 1.54) is 12.1 Å². The first-order valence-electron chi connectivity index (χ1n) is 6.08. The van der Waals surface area contributed by atoms with E-state index in [0.29, 0.717) is 0 Å². The fraction of sp³-hybridized carbons (Fsp3) is 0.357. The van der Waals surface area contributed by atoms with E-state index in [9.17, 15) is 18.8 Å². The maximum atomic E-state index is 13.4. The summed E-state index contributed by atoms with van der Waals surface area (Å²) in [6, 6.07) is 5.97. The Morgan fingerprint density at radius 3 is 2.63 bits per heavy atom. The van der Waals surface area contributed by atoms with Crippen molar-refractivity contribution in [2.24, 2.45) is 5.92 Å². The summed E-state index contributed by atoms with van der Waals surface area (Å²) in [5.74, 6) is -1.83. The van der Waals surface area contributed by atoms with Crippen molar-refractivity contribution in [3.63, 3.8) is 0 Å². The molecule has 2 rings (SSSR count). The van der Waals surface area contributed by atoms with Gasteiger partial charge in [-0.3, -0.25) is 19.3 Å². The van der Waals surface area contributed by atoms with Crippen LogP contribution in [0.5, 0.6) is 0 Å². The summed E-state index contributed by atoms with van der Waals surface area (Å²) >= 11 is 0. The van der Waals surface area contributed by atoms with Crippen LogP contribution in [0, 0.1) is 11.7 Å². The number of halogens is 1. The Kier molecular flexibility index (Phi) is 3.74. The highest BCUT2D eigenvalue weighted by Gasteiger charge is 2.36. The molecule has 19 heavy (non-hydrogen) atoms. The van der Waals surface area contributed by atoms with E-state index in [0.717, 1.165) is 4.90 Å². The number of hydrogen-bond donors (Lipinski definition) is 0. The Morgan fingerprint density at radius 2 is 2.05 bits per heavy atom. The second kappa shape index (κ2) is 5.30. The SMILES string of the molecule is CC1CC(=O)N(CC(=O)Cc2ccccc2F)C1=O. The first kappa shape index (κ1) is 13.4. The molecule has 1 saturated heterocycles. The summed E-state index contributed by atoms with van der Waals surface area (Å²) < 4.78 is 13.4. The van der Waals surface area contributed by atoms with Gasteiger partial charge in [0.2, 0.25) is 11.8 Å². The Labute approximate surface area is 110 Å². The molecule has 0 aliphatic carbocycles. The molecule has 100 valence electrons. The van der Waals surface area contributed by atoms with Crippen LogP contribution in [0.25, 0.3) is 0 Å². The molecule has 1 aromatic carbocycles. The van der Waals surface area contributed by atoms with Crippen LogP contribution in [-0.4, -0.2) is 29.0 Å². The quantitative estimate of drug-likeness (QED) is 0.770. The van der Waals surface area contributed by atoms with Crippen molar-refractivity contribution < 1.29 is 18.8 Å². The standard InChI is InChI=1S/C14H14FNO3/c1-9-6-13(18)16(14(9)19)8-11(17)7-10-4-2-3-5-12(10)15/h2-5,9H,6-8H2,1H3. The Morgan fingerprint density at radius 1 is 1.37 bits per heavy atom. The number of imide groups is 1. The van der Waals surface area contributed by atoms with Crippen LogP contribution >= 0.6 is 0 Å². The van der Waals surface area contributed by atoms with E-state index in [-0.39, 0.29) is 48.5 Å². The van der Waals surface area contributed by atoms with E-state index in [2.05, 4.69) is 0 Å². The van der Waals surface area contributed by atoms with Crippen molar-refractivity contribution in [3.05, 3.63) is 35.6 Å². The van der Waals surface area contributed by atoms with Gasteiger partial charge in [0, 0.05) is 18.8 Å². The normalized spacial score (nSPS) is 19.1. The van der Waals surface area contributed by atoms with Gasteiger partial charge >= 0.3 is 0 Å². The van der Waals surface area contributed by atoms with Crippen LogP contribution in [-0.2, 0) is 20.8 Å². The van der Waals surface area contributed by atoms with Gasteiger partial charge in [0.25, 0.3) is 0 Å². The van der Waals surface area contributed by atoms with E-state index in [1.54, 1.807) is 19.1 Å². The van der Waals surface area contributed by atoms with Crippen LogP contribution in [0.15, 0.2) is 24.3 Å². The van der Waals surface area contributed by atoms with Crippen LogP contribution in [0.3, 0.4) is 0 Å². The van der Waals surface area contributed by atoms with Gasteiger partial charge in [-0.2, -0.15) is 0 Å². The number of amides is 2. The minimum absolute atomic E-state index is 0.113. The highest BCUT2D eigenvalue weighted by atomic mass is 19.1. The van der Waals surface area contributed by atoms with Gasteiger partial charge in [-0.05, 0) is 11.6 Å². The smallest absolute Gasteiger partial charge is 0.232 e. The minimum Gasteiger partial charge on any atom is -0.297 e. The molecule has 1 atom stereocenters. The lowest BCUT2D eigenvalue weighted by atomic mass is 10.1. The third-order valence-corrected chi connectivity index (χ3v) is 3.15. The average molecular weight is 263 g/mol. The third-order valence-electron chi connectivity index (χ3n) is 3.15. The van der Waals surface area contributed by atoms with Gasteiger partial charge in [0.05, 0.1) is 6.54 Å². The zero-order valence-corrected chi connectivity index (χ0v) is 10.6. The van der Waals surface area contributed by atoms with Gasteiger partial charge in [-0.15, -0.1) is 0 Å². The highest BCUT2D eigenvalue weighted by Crippen LogP contribution is 2.18. The molecule has 0 saturated carbocycles. The first-order valence-corrected chi connectivity index (χ1v) is 6.08. The lowest BCUT2D eigenvalue weighted by Crippen LogP contribution is -2.35. The van der Waals surface area contributed by atoms with Crippen molar-refractivity contribution in [1.29, 1.82) is 0 Å². The molecule has 5 heteroatoms.